The van der Waals surface area contributed by atoms with Crippen LogP contribution in [-0.4, -0.2) is 76.6 Å². The van der Waals surface area contributed by atoms with E-state index in [0.29, 0.717) is 90.6 Å². The van der Waals surface area contributed by atoms with Crippen molar-refractivity contribution in [2.45, 2.75) is 80.4 Å². The maximum Gasteiger partial charge on any atom is 0.255 e. The lowest BCUT2D eigenvalue weighted by atomic mass is 9.55. The molecule has 15 heteroatoms. The van der Waals surface area contributed by atoms with Crippen LogP contribution in [0.3, 0.4) is 0 Å². The molecule has 0 radical (unpaired) electrons. The number of carbonyl (C=O) groups is 5. The number of rotatable bonds is 8. The average Bonchev–Trinajstić information content (AvgIpc) is 3.85. The fourth-order valence-electron chi connectivity index (χ4n) is 11.3. The number of hydrogen-bond acceptors (Lipinski definition) is 7. The second-order valence-corrected chi connectivity index (χ2v) is 18.6. The number of carbonyl (C=O) groups excluding carboxylic acids is 5. The topological polar surface area (TPSA) is 152 Å². The summed E-state index contributed by atoms with van der Waals surface area (Å²) in [5.41, 5.74) is 3.03. The van der Waals surface area contributed by atoms with Gasteiger partial charge in [0.25, 0.3) is 11.8 Å². The number of amides is 5. The molecule has 4 atom stereocenters. The number of anilines is 3. The third-order valence-corrected chi connectivity index (χ3v) is 14.8. The molecular formula is C48H46Cl2FN7O5. The standard InChI is InChI=1S/C48H46Cl2FN7O5/c1-26-11-18-38(42(59)53-26)58-25-33-31(45(58)62)7-6-10-36(33)52-22-27-23-57(24-27)44(61)28-12-15-30(16-13-28)54-43(60)41-39(32-8-5-9-35(50)40(32)51)48(47(56-41)19-3-2-4-20-47)34-17-14-29(49)21-37(34)55-46(48)63/h5-10,12-17,21,27,38-39,41,52,56H,1-4,11,18-20,22-25H2,(H,53,59)(H,54,60)(H,55,63)/t38?,39-,41+,48+/m0/s1. The van der Waals surface area contributed by atoms with Crippen molar-refractivity contribution in [3.05, 3.63) is 135 Å². The highest BCUT2D eigenvalue weighted by atomic mass is 35.5. The van der Waals surface area contributed by atoms with Crippen LogP contribution < -0.4 is 26.6 Å². The fraction of sp³-hybridized carbons (Fsp3) is 0.354. The molecule has 6 aliphatic rings. The Morgan fingerprint density at radius 3 is 2.44 bits per heavy atom. The Labute approximate surface area is 373 Å². The summed E-state index contributed by atoms with van der Waals surface area (Å²) in [6.45, 7) is 5.87. The molecule has 4 aromatic rings. The minimum atomic E-state index is -1.35. The van der Waals surface area contributed by atoms with Crippen LogP contribution in [0.25, 0.3) is 0 Å². The smallest absolute Gasteiger partial charge is 0.255 e. The van der Waals surface area contributed by atoms with Gasteiger partial charge in [-0.3, -0.25) is 29.3 Å². The van der Waals surface area contributed by atoms with Crippen LogP contribution in [0.4, 0.5) is 21.5 Å². The van der Waals surface area contributed by atoms with E-state index in [1.807, 2.05) is 18.2 Å². The highest BCUT2D eigenvalue weighted by Gasteiger charge is 2.72. The number of nitrogens with one attached hydrogen (secondary N) is 5. The third kappa shape index (κ3) is 6.69. The highest BCUT2D eigenvalue weighted by Crippen LogP contribution is 2.63. The van der Waals surface area contributed by atoms with Gasteiger partial charge in [0, 0.05) is 88.0 Å². The van der Waals surface area contributed by atoms with Gasteiger partial charge in [-0.25, -0.2) is 4.39 Å². The van der Waals surface area contributed by atoms with Crippen molar-refractivity contribution >= 4 is 69.8 Å². The first-order valence-corrected chi connectivity index (χ1v) is 22.3. The van der Waals surface area contributed by atoms with Crippen LogP contribution in [0.2, 0.25) is 10.0 Å². The van der Waals surface area contributed by atoms with Gasteiger partial charge in [0.1, 0.15) is 17.3 Å². The second kappa shape index (κ2) is 15.8. The maximum absolute atomic E-state index is 16.3. The van der Waals surface area contributed by atoms with Crippen molar-refractivity contribution in [3.63, 3.8) is 0 Å². The molecule has 1 unspecified atom stereocenters. The van der Waals surface area contributed by atoms with Gasteiger partial charge in [-0.15, -0.1) is 0 Å². The molecule has 10 rings (SSSR count). The number of likely N-dealkylation sites (tertiary alicyclic amines) is 1. The van der Waals surface area contributed by atoms with Gasteiger partial charge in [0.05, 0.1) is 11.1 Å². The summed E-state index contributed by atoms with van der Waals surface area (Å²) < 4.78 is 16.3. The number of benzene rings is 4. The van der Waals surface area contributed by atoms with Gasteiger partial charge in [0.2, 0.25) is 17.7 Å². The van der Waals surface area contributed by atoms with E-state index in [0.717, 1.165) is 30.5 Å². The van der Waals surface area contributed by atoms with Crippen LogP contribution in [0.1, 0.15) is 88.3 Å². The molecule has 5 aliphatic heterocycles. The van der Waals surface area contributed by atoms with E-state index in [9.17, 15) is 24.0 Å². The lowest BCUT2D eigenvalue weighted by Crippen LogP contribution is -2.60. The molecule has 4 aromatic carbocycles. The van der Waals surface area contributed by atoms with Crippen LogP contribution >= 0.6 is 23.2 Å². The first kappa shape index (κ1) is 41.3. The summed E-state index contributed by atoms with van der Waals surface area (Å²) in [6, 6.07) is 20.6. The quantitative estimate of drug-likeness (QED) is 0.124. The second-order valence-electron chi connectivity index (χ2n) is 17.8. The van der Waals surface area contributed by atoms with Crippen LogP contribution in [0, 0.1) is 11.7 Å². The molecule has 5 amide bonds. The average molecular weight is 891 g/mol. The monoisotopic (exact) mass is 889 g/mol. The zero-order valence-corrected chi connectivity index (χ0v) is 35.9. The normalized spacial score (nSPS) is 24.8. The van der Waals surface area contributed by atoms with E-state index in [2.05, 4.69) is 33.2 Å². The molecule has 3 saturated heterocycles. The molecule has 0 bridgehead atoms. The van der Waals surface area contributed by atoms with Crippen molar-refractivity contribution in [3.8, 4) is 0 Å². The Morgan fingerprint density at radius 2 is 1.68 bits per heavy atom. The van der Waals surface area contributed by atoms with Gasteiger partial charge >= 0.3 is 0 Å². The molecule has 5 heterocycles. The molecule has 63 heavy (non-hydrogen) atoms. The van der Waals surface area contributed by atoms with Gasteiger partial charge in [-0.1, -0.05) is 73.3 Å². The molecule has 4 fully saturated rings. The van der Waals surface area contributed by atoms with Crippen LogP contribution in [0.15, 0.2) is 91.1 Å². The zero-order chi connectivity index (χ0) is 43.8. The molecule has 5 N–H and O–H groups in total. The number of piperidine rings is 1. The minimum absolute atomic E-state index is 0.102. The molecule has 1 saturated carbocycles. The summed E-state index contributed by atoms with van der Waals surface area (Å²) in [7, 11) is 0. The van der Waals surface area contributed by atoms with Crippen molar-refractivity contribution in [2.24, 2.45) is 5.92 Å². The van der Waals surface area contributed by atoms with Gasteiger partial charge < -0.3 is 31.1 Å². The summed E-state index contributed by atoms with van der Waals surface area (Å²) in [5.74, 6) is -2.73. The van der Waals surface area contributed by atoms with Gasteiger partial charge in [-0.2, -0.15) is 0 Å². The highest BCUT2D eigenvalue weighted by molar-refractivity contribution is 6.31. The van der Waals surface area contributed by atoms with Crippen LogP contribution in [0.5, 0.6) is 0 Å². The lowest BCUT2D eigenvalue weighted by molar-refractivity contribution is -0.126. The number of hydrogen-bond donors (Lipinski definition) is 5. The predicted octanol–water partition coefficient (Wildman–Crippen LogP) is 7.35. The molecule has 0 aromatic heterocycles. The summed E-state index contributed by atoms with van der Waals surface area (Å²) >= 11 is 12.8. The summed E-state index contributed by atoms with van der Waals surface area (Å²) in [6.07, 6.45) is 4.98. The van der Waals surface area contributed by atoms with Crippen molar-refractivity contribution in [1.82, 2.24) is 20.4 Å². The van der Waals surface area contributed by atoms with Gasteiger partial charge in [0.15, 0.2) is 0 Å². The fourth-order valence-corrected chi connectivity index (χ4v) is 11.6. The zero-order valence-electron chi connectivity index (χ0n) is 34.4. The first-order valence-electron chi connectivity index (χ1n) is 21.6. The van der Waals surface area contributed by atoms with Crippen molar-refractivity contribution < 1.29 is 28.4 Å². The minimum Gasteiger partial charge on any atom is -0.384 e. The number of nitrogens with zero attached hydrogens (tertiary/aromatic N) is 2. The molecule has 324 valence electrons. The lowest BCUT2D eigenvalue weighted by Gasteiger charge is -2.47. The van der Waals surface area contributed by atoms with E-state index >= 15 is 4.39 Å². The number of fused-ring (bicyclic) bond motifs is 4. The molecule has 1 aliphatic carbocycles. The molecule has 12 nitrogen and oxygen atoms in total. The Balaban J connectivity index is 0.821. The Morgan fingerprint density at radius 1 is 0.921 bits per heavy atom. The Hall–Kier alpha value is -5.76. The van der Waals surface area contributed by atoms with E-state index in [-0.39, 0.29) is 40.1 Å². The number of allylic oxidation sites excluding steroid dienone is 1. The maximum atomic E-state index is 16.3. The van der Waals surface area contributed by atoms with Crippen molar-refractivity contribution in [2.75, 3.05) is 35.6 Å². The Kier molecular flexibility index (Phi) is 10.3. The first-order chi connectivity index (χ1) is 30.4. The van der Waals surface area contributed by atoms with E-state index in [1.54, 1.807) is 64.4 Å². The molecule has 2 spiro atoms. The van der Waals surface area contributed by atoms with E-state index < -0.39 is 40.7 Å². The number of halogens is 3. The van der Waals surface area contributed by atoms with E-state index in [4.69, 9.17) is 23.2 Å². The summed E-state index contributed by atoms with van der Waals surface area (Å²) in [5, 5.41) is 16.3. The van der Waals surface area contributed by atoms with E-state index in [1.165, 1.54) is 6.07 Å². The third-order valence-electron chi connectivity index (χ3n) is 14.2. The Bertz CT molecular complexity index is 2610. The van der Waals surface area contributed by atoms with Gasteiger partial charge in [-0.05, 0) is 91.4 Å². The molecular weight excluding hydrogens is 844 g/mol. The summed E-state index contributed by atoms with van der Waals surface area (Å²) in [4.78, 5) is 72.2. The van der Waals surface area contributed by atoms with Crippen LogP contribution in [-0.2, 0) is 26.3 Å². The SMILES string of the molecule is C=C1CCC(N2Cc3c(NCC4CN(C(=O)c5ccc(NC(=O)[C@@H]6NC7(CCCCC7)[C@@]7(C(=O)Nc8cc(Cl)ccc87)[C@H]6c6cccc(Cl)c6F)cc5)C4)cccc3C2=O)C(=O)N1. The predicted molar refractivity (Wildman–Crippen MR) is 238 cm³/mol. The van der Waals surface area contributed by atoms with Crippen molar-refractivity contribution in [1.29, 1.82) is 0 Å². The largest absolute Gasteiger partial charge is 0.384 e.